The third-order valence-corrected chi connectivity index (χ3v) is 6.02. The molecule has 2 aromatic rings. The van der Waals surface area contributed by atoms with Crippen LogP contribution in [0.1, 0.15) is 37.7 Å². The number of nitrogens with one attached hydrogen (secondary N) is 2. The minimum atomic E-state index is -0.459. The topological polar surface area (TPSA) is 78.3 Å². The number of hydrogen-bond donors (Lipinski definition) is 2. The van der Waals surface area contributed by atoms with E-state index in [1.165, 1.54) is 19.3 Å². The molecule has 0 bridgehead atoms. The maximum absolute atomic E-state index is 12.7. The second kappa shape index (κ2) is 7.66. The van der Waals surface area contributed by atoms with Gasteiger partial charge >= 0.3 is 5.76 Å². The number of carbonyl (C=O) groups is 1. The van der Waals surface area contributed by atoms with Crippen molar-refractivity contribution < 1.29 is 9.21 Å². The van der Waals surface area contributed by atoms with Gasteiger partial charge in [-0.3, -0.25) is 9.78 Å². The number of piperidine rings is 1. The first-order valence-electron chi connectivity index (χ1n) is 9.79. The number of likely N-dealkylation sites (tertiary alicyclic amines) is 1. The highest BCUT2D eigenvalue weighted by Gasteiger charge is 2.28. The lowest BCUT2D eigenvalue weighted by molar-refractivity contribution is -0.132. The Bertz CT molecular complexity index is 809. The second-order valence-electron chi connectivity index (χ2n) is 7.68. The molecule has 140 valence electrons. The summed E-state index contributed by atoms with van der Waals surface area (Å²) in [6.07, 6.45) is 6.52. The van der Waals surface area contributed by atoms with Crippen LogP contribution in [-0.2, 0) is 11.2 Å². The highest BCUT2D eigenvalue weighted by Crippen LogP contribution is 2.31. The Hall–Kier alpha value is -2.08. The van der Waals surface area contributed by atoms with E-state index >= 15 is 0 Å². The van der Waals surface area contributed by atoms with Gasteiger partial charge in [-0.2, -0.15) is 0 Å². The summed E-state index contributed by atoms with van der Waals surface area (Å²) < 4.78 is 5.01. The average molecular weight is 357 g/mol. The summed E-state index contributed by atoms with van der Waals surface area (Å²) in [6, 6.07) is 5.45. The van der Waals surface area contributed by atoms with Gasteiger partial charge in [0.1, 0.15) is 0 Å². The highest BCUT2D eigenvalue weighted by molar-refractivity contribution is 5.81. The lowest BCUT2D eigenvalue weighted by Gasteiger charge is -2.36. The van der Waals surface area contributed by atoms with E-state index in [2.05, 4.69) is 10.3 Å². The van der Waals surface area contributed by atoms with E-state index in [1.54, 1.807) is 6.07 Å². The van der Waals surface area contributed by atoms with Crippen molar-refractivity contribution in [2.45, 2.75) is 38.5 Å². The van der Waals surface area contributed by atoms with Crippen molar-refractivity contribution in [2.24, 2.45) is 11.8 Å². The van der Waals surface area contributed by atoms with Crippen molar-refractivity contribution in [3.05, 3.63) is 34.3 Å². The van der Waals surface area contributed by atoms with Crippen LogP contribution in [-0.4, -0.2) is 42.0 Å². The number of rotatable bonds is 3. The van der Waals surface area contributed by atoms with Crippen LogP contribution in [0.25, 0.3) is 11.1 Å². The Morgan fingerprint density at radius 2 is 1.92 bits per heavy atom. The summed E-state index contributed by atoms with van der Waals surface area (Å²) in [6.45, 7) is 4.04. The number of nitrogens with zero attached hydrogens (tertiary/aromatic N) is 1. The molecule has 26 heavy (non-hydrogen) atoms. The number of amides is 1. The molecule has 0 saturated carbocycles. The maximum Gasteiger partial charge on any atom is 0.417 e. The molecule has 4 rings (SSSR count). The number of benzene rings is 1. The third-order valence-electron chi connectivity index (χ3n) is 6.02. The molecule has 1 amide bonds. The fraction of sp³-hybridized carbons (Fsp3) is 0.600. The van der Waals surface area contributed by atoms with Crippen molar-refractivity contribution in [2.75, 3.05) is 26.2 Å². The van der Waals surface area contributed by atoms with Crippen LogP contribution < -0.4 is 11.1 Å². The Morgan fingerprint density at radius 1 is 1.12 bits per heavy atom. The van der Waals surface area contributed by atoms with Crippen LogP contribution in [0.2, 0.25) is 0 Å². The zero-order chi connectivity index (χ0) is 17.9. The molecular formula is C20H27N3O3. The summed E-state index contributed by atoms with van der Waals surface area (Å²) >= 11 is 0. The molecule has 2 fully saturated rings. The SMILES string of the molecule is O=C(Cc1ccc2oc(=O)[nH]c2c1)N1CCC(C2CCCNCC2)CC1. The molecule has 2 aliphatic rings. The lowest BCUT2D eigenvalue weighted by atomic mass is 9.80. The van der Waals surface area contributed by atoms with E-state index in [1.807, 2.05) is 17.0 Å². The molecule has 0 radical (unpaired) electrons. The van der Waals surface area contributed by atoms with Gasteiger partial charge in [-0.1, -0.05) is 6.07 Å². The monoisotopic (exact) mass is 357 g/mol. The molecule has 1 atom stereocenters. The van der Waals surface area contributed by atoms with Gasteiger partial charge in [0.25, 0.3) is 0 Å². The summed E-state index contributed by atoms with van der Waals surface area (Å²) in [7, 11) is 0. The van der Waals surface area contributed by atoms with E-state index in [4.69, 9.17) is 4.42 Å². The molecule has 0 aliphatic carbocycles. The van der Waals surface area contributed by atoms with Crippen LogP contribution in [0.5, 0.6) is 0 Å². The number of aromatic nitrogens is 1. The Morgan fingerprint density at radius 3 is 2.77 bits per heavy atom. The van der Waals surface area contributed by atoms with Crippen LogP contribution in [0, 0.1) is 11.8 Å². The minimum Gasteiger partial charge on any atom is -0.408 e. The molecular weight excluding hydrogens is 330 g/mol. The zero-order valence-electron chi connectivity index (χ0n) is 15.1. The van der Waals surface area contributed by atoms with E-state index < -0.39 is 5.76 Å². The van der Waals surface area contributed by atoms with Crippen molar-refractivity contribution in [1.29, 1.82) is 0 Å². The van der Waals surface area contributed by atoms with E-state index in [0.717, 1.165) is 56.4 Å². The Labute approximate surface area is 152 Å². The highest BCUT2D eigenvalue weighted by atomic mass is 16.4. The average Bonchev–Trinajstić information content (AvgIpc) is 2.84. The number of oxazole rings is 1. The van der Waals surface area contributed by atoms with Gasteiger partial charge in [0.2, 0.25) is 5.91 Å². The van der Waals surface area contributed by atoms with E-state index in [9.17, 15) is 9.59 Å². The summed E-state index contributed by atoms with van der Waals surface area (Å²) in [5.41, 5.74) is 2.10. The van der Waals surface area contributed by atoms with Gasteiger partial charge in [0.05, 0.1) is 11.9 Å². The first-order chi connectivity index (χ1) is 12.7. The van der Waals surface area contributed by atoms with Gasteiger partial charge in [-0.15, -0.1) is 0 Å². The second-order valence-corrected chi connectivity index (χ2v) is 7.68. The number of H-pyrrole nitrogens is 1. The molecule has 1 unspecified atom stereocenters. The summed E-state index contributed by atoms with van der Waals surface area (Å²) in [5, 5.41) is 3.49. The minimum absolute atomic E-state index is 0.177. The van der Waals surface area contributed by atoms with E-state index in [-0.39, 0.29) is 5.91 Å². The number of hydrogen-bond acceptors (Lipinski definition) is 4. The Balaban J connectivity index is 1.33. The fourth-order valence-corrected chi connectivity index (χ4v) is 4.53. The Kier molecular flexibility index (Phi) is 5.11. The first-order valence-corrected chi connectivity index (χ1v) is 9.79. The molecule has 6 nitrogen and oxygen atoms in total. The molecule has 2 N–H and O–H groups in total. The summed E-state index contributed by atoms with van der Waals surface area (Å²) in [5.74, 6) is 1.31. The van der Waals surface area contributed by atoms with Gasteiger partial charge in [0.15, 0.2) is 5.58 Å². The van der Waals surface area contributed by atoms with Crippen molar-refractivity contribution >= 4 is 17.0 Å². The maximum atomic E-state index is 12.7. The lowest BCUT2D eigenvalue weighted by Crippen LogP contribution is -2.41. The third kappa shape index (κ3) is 3.85. The van der Waals surface area contributed by atoms with Crippen LogP contribution in [0.4, 0.5) is 0 Å². The van der Waals surface area contributed by atoms with Crippen molar-refractivity contribution in [3.8, 4) is 0 Å². The molecule has 6 heteroatoms. The van der Waals surface area contributed by atoms with Crippen molar-refractivity contribution in [3.63, 3.8) is 0 Å². The normalized spacial score (nSPS) is 22.5. The number of aromatic amines is 1. The van der Waals surface area contributed by atoms with Gasteiger partial charge < -0.3 is 14.6 Å². The summed E-state index contributed by atoms with van der Waals surface area (Å²) in [4.78, 5) is 28.6. The van der Waals surface area contributed by atoms with Crippen molar-refractivity contribution in [1.82, 2.24) is 15.2 Å². The van der Waals surface area contributed by atoms with Gasteiger partial charge in [-0.05, 0) is 74.7 Å². The molecule has 3 heterocycles. The van der Waals surface area contributed by atoms with Crippen LogP contribution in [0.3, 0.4) is 0 Å². The first kappa shape index (κ1) is 17.3. The fourth-order valence-electron chi connectivity index (χ4n) is 4.53. The quantitative estimate of drug-likeness (QED) is 0.883. The largest absolute Gasteiger partial charge is 0.417 e. The molecule has 0 spiro atoms. The smallest absolute Gasteiger partial charge is 0.408 e. The van der Waals surface area contributed by atoms with Gasteiger partial charge in [-0.25, -0.2) is 4.79 Å². The zero-order valence-corrected chi connectivity index (χ0v) is 15.1. The standard InChI is InChI=1S/C20H27N3O3/c24-19(13-14-3-4-18-17(12-14)22-20(25)26-18)23-10-6-16(7-11-23)15-2-1-8-21-9-5-15/h3-4,12,15-16,21H,1-2,5-11,13H2,(H,22,25). The van der Waals surface area contributed by atoms with Gasteiger partial charge in [0, 0.05) is 13.1 Å². The molecule has 2 saturated heterocycles. The predicted molar refractivity (Wildman–Crippen MR) is 100 cm³/mol. The van der Waals surface area contributed by atoms with Crippen LogP contribution in [0.15, 0.2) is 27.4 Å². The number of carbonyl (C=O) groups excluding carboxylic acids is 1. The molecule has 1 aromatic carbocycles. The predicted octanol–water partition coefficient (Wildman–Crippen LogP) is 2.29. The molecule has 2 aliphatic heterocycles. The van der Waals surface area contributed by atoms with Crippen LogP contribution >= 0.6 is 0 Å². The van der Waals surface area contributed by atoms with E-state index in [0.29, 0.717) is 17.5 Å². The molecule has 1 aromatic heterocycles. The number of fused-ring (bicyclic) bond motifs is 1.